The van der Waals surface area contributed by atoms with Crippen LogP contribution >= 0.6 is 0 Å². The van der Waals surface area contributed by atoms with Crippen molar-refractivity contribution in [3.05, 3.63) is 77.0 Å². The molecule has 2 aromatic carbocycles. The summed E-state index contributed by atoms with van der Waals surface area (Å²) in [6, 6.07) is 18.4. The Labute approximate surface area is 214 Å². The number of hydrogen-bond donors (Lipinski definition) is 1. The Morgan fingerprint density at radius 1 is 1.00 bits per heavy atom. The van der Waals surface area contributed by atoms with Crippen LogP contribution in [0.1, 0.15) is 64.4 Å². The van der Waals surface area contributed by atoms with Gasteiger partial charge >= 0.3 is 5.69 Å². The van der Waals surface area contributed by atoms with Crippen LogP contribution < -0.4 is 15.9 Å². The molecule has 1 saturated heterocycles. The summed E-state index contributed by atoms with van der Waals surface area (Å²) in [7, 11) is 0. The number of carbonyl (C=O) groups is 1. The molecule has 1 amide bonds. The van der Waals surface area contributed by atoms with Crippen LogP contribution in [0.4, 0.5) is 5.69 Å². The molecule has 1 aromatic heterocycles. The minimum atomic E-state index is -0.126. The zero-order valence-corrected chi connectivity index (χ0v) is 21.8. The summed E-state index contributed by atoms with van der Waals surface area (Å²) in [4.78, 5) is 28.2. The maximum Gasteiger partial charge on any atom is 0.350 e. The Balaban J connectivity index is 1.41. The van der Waals surface area contributed by atoms with Crippen LogP contribution in [-0.2, 0) is 11.3 Å². The van der Waals surface area contributed by atoms with Gasteiger partial charge in [0.25, 0.3) is 0 Å². The fraction of sp³-hybridized carbons (Fsp3) is 0.483. The maximum atomic E-state index is 13.1. The molecule has 0 spiro atoms. The van der Waals surface area contributed by atoms with E-state index >= 15 is 0 Å². The number of anilines is 1. The molecular formula is C29H39N5O2. The number of amides is 1. The Kier molecular flexibility index (Phi) is 8.62. The van der Waals surface area contributed by atoms with Crippen molar-refractivity contribution in [3.8, 4) is 5.69 Å². The molecule has 1 aliphatic heterocycles. The Bertz CT molecular complexity index is 1160. The minimum absolute atomic E-state index is 0.0914. The van der Waals surface area contributed by atoms with E-state index in [9.17, 15) is 9.59 Å². The summed E-state index contributed by atoms with van der Waals surface area (Å²) in [5, 5.41) is 7.42. The zero-order chi connectivity index (χ0) is 25.5. The molecule has 1 aliphatic rings. The first kappa shape index (κ1) is 25.7. The van der Waals surface area contributed by atoms with E-state index in [2.05, 4.69) is 46.5 Å². The third-order valence-electron chi connectivity index (χ3n) is 7.08. The highest BCUT2D eigenvalue weighted by molar-refractivity contribution is 5.84. The minimum Gasteiger partial charge on any atom is -0.372 e. The van der Waals surface area contributed by atoms with Gasteiger partial charge in [0.05, 0.1) is 11.6 Å². The number of hydrogen-bond acceptors (Lipinski definition) is 4. The molecule has 192 valence electrons. The van der Waals surface area contributed by atoms with Gasteiger partial charge in [-0.1, -0.05) is 50.1 Å². The predicted octanol–water partition coefficient (Wildman–Crippen LogP) is 4.75. The SMILES string of the molecule is CCCCCn1ncn(-c2ccc(N3CCC(C(C(=O)NC(C)C)c4ccccc4)CC3)cc2)c1=O. The summed E-state index contributed by atoms with van der Waals surface area (Å²) >= 11 is 0. The monoisotopic (exact) mass is 489 g/mol. The summed E-state index contributed by atoms with van der Waals surface area (Å²) < 4.78 is 3.16. The van der Waals surface area contributed by atoms with Crippen molar-refractivity contribution >= 4 is 11.6 Å². The van der Waals surface area contributed by atoms with Gasteiger partial charge in [-0.3, -0.25) is 4.79 Å². The number of piperidine rings is 1. The lowest BCUT2D eigenvalue weighted by molar-refractivity contribution is -0.124. The summed E-state index contributed by atoms with van der Waals surface area (Å²) in [6.07, 6.45) is 6.70. The van der Waals surface area contributed by atoms with E-state index in [1.807, 2.05) is 44.2 Å². The largest absolute Gasteiger partial charge is 0.372 e. The molecule has 1 atom stereocenters. The number of benzene rings is 2. The van der Waals surface area contributed by atoms with Crippen molar-refractivity contribution < 1.29 is 4.79 Å². The highest BCUT2D eigenvalue weighted by Crippen LogP contribution is 2.34. The highest BCUT2D eigenvalue weighted by Gasteiger charge is 2.33. The quantitative estimate of drug-likeness (QED) is 0.417. The van der Waals surface area contributed by atoms with Gasteiger partial charge in [0.2, 0.25) is 5.91 Å². The number of aromatic nitrogens is 3. The molecule has 1 unspecified atom stereocenters. The van der Waals surface area contributed by atoms with Crippen LogP contribution in [0.3, 0.4) is 0 Å². The average molecular weight is 490 g/mol. The standard InChI is InChI=1S/C29H39N5O2/c1-4-5-9-18-34-29(36)33(21-30-34)26-14-12-25(13-15-26)32-19-16-24(17-20-32)27(28(35)31-22(2)3)23-10-7-6-8-11-23/h6-8,10-15,21-22,24,27H,4-5,9,16-20H2,1-3H3,(H,31,35). The molecule has 0 bridgehead atoms. The van der Waals surface area contributed by atoms with Gasteiger partial charge in [-0.2, -0.15) is 5.10 Å². The zero-order valence-electron chi connectivity index (χ0n) is 21.8. The van der Waals surface area contributed by atoms with Crippen molar-refractivity contribution in [1.82, 2.24) is 19.7 Å². The molecule has 0 aliphatic carbocycles. The second-order valence-corrected chi connectivity index (χ2v) is 10.1. The summed E-state index contributed by atoms with van der Waals surface area (Å²) in [5.41, 5.74) is 2.98. The van der Waals surface area contributed by atoms with E-state index in [-0.39, 0.29) is 23.6 Å². The van der Waals surface area contributed by atoms with E-state index in [0.29, 0.717) is 12.5 Å². The Hall–Kier alpha value is -3.35. The molecule has 1 fully saturated rings. The molecule has 2 heterocycles. The summed E-state index contributed by atoms with van der Waals surface area (Å²) in [5.74, 6) is 0.303. The van der Waals surface area contributed by atoms with Crippen molar-refractivity contribution in [3.63, 3.8) is 0 Å². The third kappa shape index (κ3) is 6.07. The molecule has 7 nitrogen and oxygen atoms in total. The van der Waals surface area contributed by atoms with Crippen LogP contribution in [-0.4, -0.2) is 39.4 Å². The topological polar surface area (TPSA) is 72.2 Å². The van der Waals surface area contributed by atoms with Gasteiger partial charge in [-0.15, -0.1) is 0 Å². The van der Waals surface area contributed by atoms with Crippen molar-refractivity contribution in [2.75, 3.05) is 18.0 Å². The average Bonchev–Trinajstić information content (AvgIpc) is 3.25. The fourth-order valence-corrected chi connectivity index (χ4v) is 5.17. The van der Waals surface area contributed by atoms with Crippen LogP contribution in [0.5, 0.6) is 0 Å². The second-order valence-electron chi connectivity index (χ2n) is 10.1. The molecule has 36 heavy (non-hydrogen) atoms. The molecule has 7 heteroatoms. The van der Waals surface area contributed by atoms with Gasteiger partial charge in [0.1, 0.15) is 6.33 Å². The van der Waals surface area contributed by atoms with E-state index in [0.717, 1.165) is 62.1 Å². The lowest BCUT2D eigenvalue weighted by Crippen LogP contribution is -2.42. The molecule has 3 aromatic rings. The van der Waals surface area contributed by atoms with E-state index in [1.54, 1.807) is 15.6 Å². The molecule has 0 radical (unpaired) electrons. The van der Waals surface area contributed by atoms with Crippen LogP contribution in [0, 0.1) is 5.92 Å². The highest BCUT2D eigenvalue weighted by atomic mass is 16.2. The van der Waals surface area contributed by atoms with Crippen molar-refractivity contribution in [1.29, 1.82) is 0 Å². The molecule has 1 N–H and O–H groups in total. The van der Waals surface area contributed by atoms with Gasteiger partial charge in [-0.05, 0) is 68.9 Å². The lowest BCUT2D eigenvalue weighted by atomic mass is 9.79. The fourth-order valence-electron chi connectivity index (χ4n) is 5.17. The van der Waals surface area contributed by atoms with Gasteiger partial charge < -0.3 is 10.2 Å². The van der Waals surface area contributed by atoms with E-state index in [4.69, 9.17) is 0 Å². The van der Waals surface area contributed by atoms with Gasteiger partial charge in [0.15, 0.2) is 0 Å². The number of carbonyl (C=O) groups excluding carboxylic acids is 1. The Morgan fingerprint density at radius 3 is 2.31 bits per heavy atom. The number of aryl methyl sites for hydroxylation is 1. The number of unbranched alkanes of at least 4 members (excludes halogenated alkanes) is 2. The van der Waals surface area contributed by atoms with Gasteiger partial charge in [0, 0.05) is 31.4 Å². The second kappa shape index (κ2) is 12.1. The van der Waals surface area contributed by atoms with Gasteiger partial charge in [-0.25, -0.2) is 14.0 Å². The van der Waals surface area contributed by atoms with Crippen LogP contribution in [0.25, 0.3) is 5.69 Å². The normalized spacial score (nSPS) is 15.3. The number of rotatable bonds is 10. The van der Waals surface area contributed by atoms with E-state index < -0.39 is 0 Å². The first-order valence-electron chi connectivity index (χ1n) is 13.3. The molecule has 0 saturated carbocycles. The number of nitrogens with zero attached hydrogens (tertiary/aromatic N) is 4. The summed E-state index contributed by atoms with van der Waals surface area (Å²) in [6.45, 7) is 8.63. The third-order valence-corrected chi connectivity index (χ3v) is 7.08. The maximum absolute atomic E-state index is 13.1. The predicted molar refractivity (Wildman–Crippen MR) is 145 cm³/mol. The van der Waals surface area contributed by atoms with E-state index in [1.165, 1.54) is 0 Å². The molecular weight excluding hydrogens is 450 g/mol. The lowest BCUT2D eigenvalue weighted by Gasteiger charge is -2.37. The van der Waals surface area contributed by atoms with Crippen molar-refractivity contribution in [2.24, 2.45) is 5.92 Å². The number of nitrogens with one attached hydrogen (secondary N) is 1. The van der Waals surface area contributed by atoms with Crippen molar-refractivity contribution in [2.45, 2.75) is 71.4 Å². The first-order chi connectivity index (χ1) is 17.5. The molecule has 4 rings (SSSR count). The smallest absolute Gasteiger partial charge is 0.350 e. The first-order valence-corrected chi connectivity index (χ1v) is 13.3. The Morgan fingerprint density at radius 2 is 1.67 bits per heavy atom. The van der Waals surface area contributed by atoms with Crippen LogP contribution in [0.15, 0.2) is 65.7 Å². The van der Waals surface area contributed by atoms with Crippen LogP contribution in [0.2, 0.25) is 0 Å².